The number of nitrogens with zero attached hydrogens (tertiary/aromatic N) is 1. The number of hydrogen-bond donors (Lipinski definition) is 1. The summed E-state index contributed by atoms with van der Waals surface area (Å²) in [5.74, 6) is 0. The maximum atomic E-state index is 5.96. The molecule has 0 radical (unpaired) electrons. The third-order valence-corrected chi connectivity index (χ3v) is 4.63. The zero-order chi connectivity index (χ0) is 13.2. The molecule has 2 N–H and O–H groups in total. The van der Waals surface area contributed by atoms with Crippen molar-refractivity contribution in [2.24, 2.45) is 5.73 Å². The van der Waals surface area contributed by atoms with Crippen molar-refractivity contribution in [2.45, 2.75) is 37.8 Å². The monoisotopic (exact) mass is 276 g/mol. The van der Waals surface area contributed by atoms with Crippen LogP contribution in [-0.2, 0) is 0 Å². The molecule has 0 spiro atoms. The summed E-state index contributed by atoms with van der Waals surface area (Å²) in [6.07, 6.45) is 7.36. The molecule has 2 heterocycles. The Balaban J connectivity index is 1.78. The average molecular weight is 277 g/mol. The molecule has 1 saturated heterocycles. The van der Waals surface area contributed by atoms with Gasteiger partial charge < -0.3 is 5.73 Å². The van der Waals surface area contributed by atoms with E-state index in [0.29, 0.717) is 12.1 Å². The van der Waals surface area contributed by atoms with Gasteiger partial charge in [0.1, 0.15) is 0 Å². The van der Waals surface area contributed by atoms with E-state index in [1.807, 2.05) is 12.1 Å². The fourth-order valence-electron chi connectivity index (χ4n) is 3.42. The molecule has 2 aliphatic rings. The number of rotatable bonds is 4. The van der Waals surface area contributed by atoms with Crippen molar-refractivity contribution in [2.75, 3.05) is 13.1 Å². The van der Waals surface area contributed by atoms with E-state index < -0.39 is 0 Å². The van der Waals surface area contributed by atoms with Gasteiger partial charge in [0.15, 0.2) is 0 Å². The van der Waals surface area contributed by atoms with Gasteiger partial charge in [-0.3, -0.25) is 4.90 Å². The van der Waals surface area contributed by atoms with Crippen LogP contribution >= 0.6 is 11.6 Å². The Morgan fingerprint density at radius 1 is 1.21 bits per heavy atom. The molecule has 3 rings (SSSR count). The molecule has 0 aromatic heterocycles. The first-order valence-corrected chi connectivity index (χ1v) is 7.58. The van der Waals surface area contributed by atoms with Gasteiger partial charge in [0.2, 0.25) is 0 Å². The van der Waals surface area contributed by atoms with E-state index in [-0.39, 0.29) is 0 Å². The smallest absolute Gasteiger partial charge is 0.0406 e. The predicted octanol–water partition coefficient (Wildman–Crippen LogP) is 3.31. The van der Waals surface area contributed by atoms with Crippen LogP contribution in [0, 0.1) is 0 Å². The molecule has 1 aromatic carbocycles. The van der Waals surface area contributed by atoms with Crippen molar-refractivity contribution >= 4 is 17.2 Å². The molecule has 2 atom stereocenters. The molecule has 0 aliphatic carbocycles. The fraction of sp³-hybridized carbons (Fsp3) is 0.500. The maximum Gasteiger partial charge on any atom is 0.0406 e. The molecule has 2 bridgehead atoms. The van der Waals surface area contributed by atoms with Gasteiger partial charge in [0, 0.05) is 23.7 Å². The van der Waals surface area contributed by atoms with E-state index in [4.69, 9.17) is 17.3 Å². The van der Waals surface area contributed by atoms with E-state index in [2.05, 4.69) is 23.1 Å². The number of halogens is 1. The van der Waals surface area contributed by atoms with Crippen molar-refractivity contribution in [1.82, 2.24) is 4.90 Å². The highest BCUT2D eigenvalue weighted by Crippen LogP contribution is 2.38. The molecular formula is C16H21ClN2. The van der Waals surface area contributed by atoms with Crippen LogP contribution in [0.25, 0.3) is 5.57 Å². The summed E-state index contributed by atoms with van der Waals surface area (Å²) in [5.41, 5.74) is 8.46. The Kier molecular flexibility index (Phi) is 3.92. The van der Waals surface area contributed by atoms with Crippen molar-refractivity contribution in [3.8, 4) is 0 Å². The normalized spacial score (nSPS) is 26.5. The van der Waals surface area contributed by atoms with Crippen LogP contribution < -0.4 is 5.73 Å². The van der Waals surface area contributed by atoms with Gasteiger partial charge >= 0.3 is 0 Å². The molecular weight excluding hydrogens is 256 g/mol. The van der Waals surface area contributed by atoms with Crippen molar-refractivity contribution < 1.29 is 0 Å². The predicted molar refractivity (Wildman–Crippen MR) is 81.2 cm³/mol. The molecule has 0 saturated carbocycles. The van der Waals surface area contributed by atoms with Gasteiger partial charge in [-0.2, -0.15) is 0 Å². The Bertz CT molecular complexity index is 466. The van der Waals surface area contributed by atoms with E-state index in [1.54, 1.807) is 0 Å². The quantitative estimate of drug-likeness (QED) is 0.914. The van der Waals surface area contributed by atoms with E-state index in [1.165, 1.54) is 30.4 Å². The molecule has 2 aliphatic heterocycles. The number of nitrogens with two attached hydrogens (primary N) is 1. The minimum atomic E-state index is 0.621. The Morgan fingerprint density at radius 2 is 2.00 bits per heavy atom. The number of benzene rings is 1. The third kappa shape index (κ3) is 2.71. The summed E-state index contributed by atoms with van der Waals surface area (Å²) >= 11 is 5.96. The summed E-state index contributed by atoms with van der Waals surface area (Å²) < 4.78 is 0. The maximum absolute atomic E-state index is 5.96. The average Bonchev–Trinajstić information content (AvgIpc) is 2.66. The van der Waals surface area contributed by atoms with Crippen molar-refractivity contribution in [1.29, 1.82) is 0 Å². The summed E-state index contributed by atoms with van der Waals surface area (Å²) in [6.45, 7) is 1.94. The van der Waals surface area contributed by atoms with E-state index in [9.17, 15) is 0 Å². The first-order valence-electron chi connectivity index (χ1n) is 7.20. The fourth-order valence-corrected chi connectivity index (χ4v) is 3.54. The van der Waals surface area contributed by atoms with Crippen LogP contribution in [0.1, 0.15) is 31.2 Å². The third-order valence-electron chi connectivity index (χ3n) is 4.38. The van der Waals surface area contributed by atoms with Crippen LogP contribution in [-0.4, -0.2) is 30.1 Å². The van der Waals surface area contributed by atoms with Crippen LogP contribution in [0.5, 0.6) is 0 Å². The summed E-state index contributed by atoms with van der Waals surface area (Å²) in [5, 5.41) is 0.813. The van der Waals surface area contributed by atoms with Gasteiger partial charge in [-0.05, 0) is 55.5 Å². The largest absolute Gasteiger partial charge is 0.330 e. The van der Waals surface area contributed by atoms with Crippen molar-refractivity contribution in [3.05, 3.63) is 40.9 Å². The standard InChI is InChI=1S/C16H21ClN2/c17-14-4-2-12(3-5-14)13-10-15-6-7-16(11-13)19(15)9-1-8-18/h2-5,10,15-16H,1,6-9,11,18H2. The Hall–Kier alpha value is -0.830. The molecule has 2 nitrogen and oxygen atoms in total. The number of hydrogen-bond acceptors (Lipinski definition) is 2. The second kappa shape index (κ2) is 5.66. The number of fused-ring (bicyclic) bond motifs is 2. The first-order chi connectivity index (χ1) is 9.28. The lowest BCUT2D eigenvalue weighted by atomic mass is 9.94. The highest BCUT2D eigenvalue weighted by Gasteiger charge is 2.35. The van der Waals surface area contributed by atoms with Crippen LogP contribution in [0.4, 0.5) is 0 Å². The second-order valence-corrected chi connectivity index (χ2v) is 6.02. The lowest BCUT2D eigenvalue weighted by Crippen LogP contribution is -2.39. The summed E-state index contributed by atoms with van der Waals surface area (Å²) in [7, 11) is 0. The van der Waals surface area contributed by atoms with Crippen molar-refractivity contribution in [3.63, 3.8) is 0 Å². The van der Waals surface area contributed by atoms with E-state index >= 15 is 0 Å². The van der Waals surface area contributed by atoms with Gasteiger partial charge in [-0.25, -0.2) is 0 Å². The van der Waals surface area contributed by atoms with Gasteiger partial charge in [-0.1, -0.05) is 29.8 Å². The van der Waals surface area contributed by atoms with Gasteiger partial charge in [0.25, 0.3) is 0 Å². The lowest BCUT2D eigenvalue weighted by Gasteiger charge is -2.34. The highest BCUT2D eigenvalue weighted by atomic mass is 35.5. The summed E-state index contributed by atoms with van der Waals surface area (Å²) in [6, 6.07) is 9.59. The SMILES string of the molecule is NCCCN1C2C=C(c3ccc(Cl)cc3)CC1CC2. The zero-order valence-electron chi connectivity index (χ0n) is 11.2. The molecule has 2 unspecified atom stereocenters. The highest BCUT2D eigenvalue weighted by molar-refractivity contribution is 6.30. The lowest BCUT2D eigenvalue weighted by molar-refractivity contribution is 0.211. The minimum absolute atomic E-state index is 0.621. The molecule has 19 heavy (non-hydrogen) atoms. The molecule has 3 heteroatoms. The summed E-state index contributed by atoms with van der Waals surface area (Å²) in [4.78, 5) is 2.65. The zero-order valence-corrected chi connectivity index (χ0v) is 11.9. The Labute approximate surface area is 120 Å². The minimum Gasteiger partial charge on any atom is -0.330 e. The Morgan fingerprint density at radius 3 is 2.68 bits per heavy atom. The van der Waals surface area contributed by atoms with Gasteiger partial charge in [-0.15, -0.1) is 0 Å². The molecule has 1 fully saturated rings. The van der Waals surface area contributed by atoms with Crippen LogP contribution in [0.2, 0.25) is 5.02 Å². The van der Waals surface area contributed by atoms with Crippen LogP contribution in [0.15, 0.2) is 30.3 Å². The first kappa shape index (κ1) is 13.2. The topological polar surface area (TPSA) is 29.3 Å². The molecule has 102 valence electrons. The van der Waals surface area contributed by atoms with Gasteiger partial charge in [0.05, 0.1) is 0 Å². The van der Waals surface area contributed by atoms with E-state index in [0.717, 1.165) is 24.5 Å². The molecule has 0 amide bonds. The molecule has 1 aromatic rings. The second-order valence-electron chi connectivity index (χ2n) is 5.58. The van der Waals surface area contributed by atoms with Crippen LogP contribution in [0.3, 0.4) is 0 Å².